The molecule has 3 rings (SSSR count). The van der Waals surface area contributed by atoms with Gasteiger partial charge in [0.15, 0.2) is 0 Å². The van der Waals surface area contributed by atoms with Crippen LogP contribution < -0.4 is 9.62 Å². The van der Waals surface area contributed by atoms with Crippen molar-refractivity contribution in [3.63, 3.8) is 0 Å². The fourth-order valence-electron chi connectivity index (χ4n) is 3.97. The monoisotopic (exact) mass is 589 g/mol. The summed E-state index contributed by atoms with van der Waals surface area (Å²) in [6.45, 7) is 6.76. The van der Waals surface area contributed by atoms with E-state index >= 15 is 0 Å². The van der Waals surface area contributed by atoms with Gasteiger partial charge in [0.2, 0.25) is 11.8 Å². The second kappa shape index (κ2) is 13.3. The number of nitrogens with zero attached hydrogens (tertiary/aromatic N) is 2. The van der Waals surface area contributed by atoms with Gasteiger partial charge in [0, 0.05) is 22.6 Å². The topological polar surface area (TPSA) is 86.8 Å². The lowest BCUT2D eigenvalue weighted by Gasteiger charge is -2.33. The first-order valence-electron chi connectivity index (χ1n) is 12.6. The molecule has 3 aromatic rings. The van der Waals surface area contributed by atoms with Crippen molar-refractivity contribution in [3.8, 4) is 0 Å². The molecule has 0 aromatic heterocycles. The standard InChI is InChI=1S/C29H33Cl2N3O4S/c1-5-21(3)32-29(36)22(4)33(18-23-11-13-24(30)14-12-23)28(35)19-34(27-16-15-25(31)17-20(27)2)39(37,38)26-9-7-6-8-10-26/h6-17,21-22H,5,18-19H2,1-4H3,(H,32,36)/t21-,22+/m0/s1. The van der Waals surface area contributed by atoms with E-state index in [0.29, 0.717) is 21.3 Å². The third-order valence-electron chi connectivity index (χ3n) is 6.47. The summed E-state index contributed by atoms with van der Waals surface area (Å²) >= 11 is 12.2. The Hall–Kier alpha value is -3.07. The van der Waals surface area contributed by atoms with Gasteiger partial charge in [-0.3, -0.25) is 13.9 Å². The number of rotatable bonds is 11. The van der Waals surface area contributed by atoms with Gasteiger partial charge in [-0.1, -0.05) is 60.5 Å². The lowest BCUT2D eigenvalue weighted by Crippen LogP contribution is -2.52. The van der Waals surface area contributed by atoms with Crippen molar-refractivity contribution in [1.29, 1.82) is 0 Å². The molecule has 2 atom stereocenters. The Kier molecular flexibility index (Phi) is 10.4. The SMILES string of the molecule is CC[C@H](C)NC(=O)[C@@H](C)N(Cc1ccc(Cl)cc1)C(=O)CN(c1ccc(Cl)cc1C)S(=O)(=O)c1ccccc1. The number of sulfonamides is 1. The van der Waals surface area contributed by atoms with Crippen molar-refractivity contribution in [2.24, 2.45) is 0 Å². The van der Waals surface area contributed by atoms with Gasteiger partial charge in [-0.25, -0.2) is 8.42 Å². The molecule has 2 amide bonds. The van der Waals surface area contributed by atoms with Crippen LogP contribution in [0.15, 0.2) is 77.7 Å². The predicted octanol–water partition coefficient (Wildman–Crippen LogP) is 5.83. The highest BCUT2D eigenvalue weighted by Crippen LogP contribution is 2.29. The summed E-state index contributed by atoms with van der Waals surface area (Å²) in [5, 5.41) is 3.90. The first-order valence-corrected chi connectivity index (χ1v) is 14.8. The average molecular weight is 591 g/mol. The van der Waals surface area contributed by atoms with E-state index in [1.165, 1.54) is 17.0 Å². The zero-order chi connectivity index (χ0) is 28.7. The van der Waals surface area contributed by atoms with Gasteiger partial charge >= 0.3 is 0 Å². The zero-order valence-corrected chi connectivity index (χ0v) is 24.7. The summed E-state index contributed by atoms with van der Waals surface area (Å²) in [5.41, 5.74) is 1.65. The molecule has 0 unspecified atom stereocenters. The highest BCUT2D eigenvalue weighted by atomic mass is 35.5. The van der Waals surface area contributed by atoms with E-state index in [9.17, 15) is 18.0 Å². The third-order valence-corrected chi connectivity index (χ3v) is 8.73. The Morgan fingerprint density at radius 3 is 2.13 bits per heavy atom. The van der Waals surface area contributed by atoms with E-state index in [4.69, 9.17) is 23.2 Å². The van der Waals surface area contributed by atoms with Crippen molar-refractivity contribution in [3.05, 3.63) is 94.0 Å². The molecule has 0 heterocycles. The van der Waals surface area contributed by atoms with E-state index < -0.39 is 28.5 Å². The quantitative estimate of drug-likeness (QED) is 0.305. The van der Waals surface area contributed by atoms with E-state index in [0.717, 1.165) is 16.3 Å². The second-order valence-electron chi connectivity index (χ2n) is 9.40. The van der Waals surface area contributed by atoms with Crippen LogP contribution in [0.25, 0.3) is 0 Å². The minimum Gasteiger partial charge on any atom is -0.352 e. The molecule has 0 aliphatic carbocycles. The Labute approximate surface area is 240 Å². The Morgan fingerprint density at radius 1 is 0.923 bits per heavy atom. The number of carbonyl (C=O) groups is 2. The number of halogens is 2. The molecular formula is C29H33Cl2N3O4S. The molecule has 0 spiro atoms. The first-order chi connectivity index (χ1) is 18.4. The second-order valence-corrected chi connectivity index (χ2v) is 12.1. The maximum Gasteiger partial charge on any atom is 0.264 e. The van der Waals surface area contributed by atoms with Gasteiger partial charge in [-0.05, 0) is 80.8 Å². The number of carbonyl (C=O) groups excluding carboxylic acids is 2. The van der Waals surface area contributed by atoms with E-state index in [-0.39, 0.29) is 23.4 Å². The summed E-state index contributed by atoms with van der Waals surface area (Å²) in [5.74, 6) is -0.864. The molecule has 0 saturated heterocycles. The highest BCUT2D eigenvalue weighted by Gasteiger charge is 2.33. The van der Waals surface area contributed by atoms with Crippen molar-refractivity contribution in [2.45, 2.75) is 57.6 Å². The van der Waals surface area contributed by atoms with Gasteiger partial charge in [0.1, 0.15) is 12.6 Å². The minimum absolute atomic E-state index is 0.0407. The Bertz CT molecular complexity index is 1400. The normalized spacial score (nSPS) is 12.9. The van der Waals surface area contributed by atoms with Crippen LogP contribution in [0.2, 0.25) is 10.0 Å². The van der Waals surface area contributed by atoms with Crippen LogP contribution >= 0.6 is 23.2 Å². The number of anilines is 1. The first kappa shape index (κ1) is 30.5. The number of nitrogens with one attached hydrogen (secondary N) is 1. The van der Waals surface area contributed by atoms with Crippen LogP contribution in [0, 0.1) is 6.92 Å². The van der Waals surface area contributed by atoms with E-state index in [1.54, 1.807) is 74.5 Å². The minimum atomic E-state index is -4.14. The van der Waals surface area contributed by atoms with Gasteiger partial charge in [-0.2, -0.15) is 0 Å². The van der Waals surface area contributed by atoms with Crippen molar-refractivity contribution in [1.82, 2.24) is 10.2 Å². The van der Waals surface area contributed by atoms with Crippen LogP contribution in [-0.4, -0.2) is 43.8 Å². The fourth-order valence-corrected chi connectivity index (χ4v) is 5.82. The Morgan fingerprint density at radius 2 is 1.54 bits per heavy atom. The van der Waals surface area contributed by atoms with Crippen LogP contribution in [-0.2, 0) is 26.2 Å². The fraction of sp³-hybridized carbons (Fsp3) is 0.310. The molecule has 3 aromatic carbocycles. The van der Waals surface area contributed by atoms with Crippen LogP contribution in [0.5, 0.6) is 0 Å². The summed E-state index contributed by atoms with van der Waals surface area (Å²) < 4.78 is 28.8. The molecule has 0 aliphatic heterocycles. The molecule has 0 saturated carbocycles. The van der Waals surface area contributed by atoms with Crippen LogP contribution in [0.4, 0.5) is 5.69 Å². The number of amides is 2. The molecule has 208 valence electrons. The number of hydrogen-bond donors (Lipinski definition) is 1. The maximum atomic E-state index is 13.9. The molecule has 0 radical (unpaired) electrons. The third kappa shape index (κ3) is 7.75. The van der Waals surface area contributed by atoms with Gasteiger partial charge in [0.05, 0.1) is 10.6 Å². The number of aryl methyl sites for hydroxylation is 1. The lowest BCUT2D eigenvalue weighted by atomic mass is 10.1. The number of hydrogen-bond acceptors (Lipinski definition) is 4. The lowest BCUT2D eigenvalue weighted by molar-refractivity contribution is -0.139. The molecule has 0 aliphatic rings. The summed E-state index contributed by atoms with van der Waals surface area (Å²) in [6.07, 6.45) is 0.725. The summed E-state index contributed by atoms with van der Waals surface area (Å²) in [6, 6.07) is 18.7. The zero-order valence-electron chi connectivity index (χ0n) is 22.4. The molecule has 0 fully saturated rings. The largest absolute Gasteiger partial charge is 0.352 e. The molecule has 0 bridgehead atoms. The molecular weight excluding hydrogens is 557 g/mol. The van der Waals surface area contributed by atoms with Gasteiger partial charge < -0.3 is 10.2 Å². The Balaban J connectivity index is 2.04. The van der Waals surface area contributed by atoms with E-state index in [1.807, 2.05) is 13.8 Å². The van der Waals surface area contributed by atoms with Crippen LogP contribution in [0.3, 0.4) is 0 Å². The molecule has 10 heteroatoms. The molecule has 39 heavy (non-hydrogen) atoms. The molecule has 1 N–H and O–H groups in total. The van der Waals surface area contributed by atoms with Gasteiger partial charge in [0.25, 0.3) is 10.0 Å². The maximum absolute atomic E-state index is 13.9. The van der Waals surface area contributed by atoms with Gasteiger partial charge in [-0.15, -0.1) is 0 Å². The average Bonchev–Trinajstić information content (AvgIpc) is 2.91. The molecule has 7 nitrogen and oxygen atoms in total. The van der Waals surface area contributed by atoms with Crippen molar-refractivity contribution in [2.75, 3.05) is 10.8 Å². The van der Waals surface area contributed by atoms with Crippen LogP contribution in [0.1, 0.15) is 38.3 Å². The van der Waals surface area contributed by atoms with E-state index in [2.05, 4.69) is 5.32 Å². The van der Waals surface area contributed by atoms with Crippen molar-refractivity contribution >= 4 is 50.7 Å². The van der Waals surface area contributed by atoms with Crippen molar-refractivity contribution < 1.29 is 18.0 Å². The summed E-state index contributed by atoms with van der Waals surface area (Å²) in [7, 11) is -4.14. The smallest absolute Gasteiger partial charge is 0.264 e. The summed E-state index contributed by atoms with van der Waals surface area (Å²) in [4.78, 5) is 28.5. The highest BCUT2D eigenvalue weighted by molar-refractivity contribution is 7.92. The number of benzene rings is 3. The predicted molar refractivity (Wildman–Crippen MR) is 157 cm³/mol.